The van der Waals surface area contributed by atoms with Gasteiger partial charge in [-0.05, 0) is 42.0 Å². The molecule has 2 aliphatic rings. The molecule has 4 rings (SSSR count). The van der Waals surface area contributed by atoms with Gasteiger partial charge in [-0.3, -0.25) is 0 Å². The molecule has 1 aliphatic carbocycles. The van der Waals surface area contributed by atoms with Crippen LogP contribution >= 0.6 is 11.6 Å². The van der Waals surface area contributed by atoms with E-state index in [4.69, 9.17) is 21.1 Å². The van der Waals surface area contributed by atoms with Crippen molar-refractivity contribution in [1.82, 2.24) is 0 Å². The topological polar surface area (TPSA) is 69.7 Å². The summed E-state index contributed by atoms with van der Waals surface area (Å²) in [6, 6.07) is 11.3. The average Bonchev–Trinajstić information content (AvgIpc) is 3.15. The van der Waals surface area contributed by atoms with E-state index in [0.29, 0.717) is 22.8 Å². The van der Waals surface area contributed by atoms with Crippen molar-refractivity contribution in [2.24, 2.45) is 5.92 Å². The zero-order valence-corrected chi connectivity index (χ0v) is 14.0. The van der Waals surface area contributed by atoms with E-state index in [1.165, 1.54) is 24.3 Å². The maximum atomic E-state index is 12.8. The first kappa shape index (κ1) is 15.5. The van der Waals surface area contributed by atoms with Gasteiger partial charge in [0, 0.05) is 16.9 Å². The van der Waals surface area contributed by atoms with E-state index in [-0.39, 0.29) is 17.6 Å². The normalized spacial score (nSPS) is 24.6. The number of sulfone groups is 1. The molecule has 0 amide bonds. The Morgan fingerprint density at radius 2 is 1.75 bits per heavy atom. The van der Waals surface area contributed by atoms with E-state index >= 15 is 0 Å². The number of halogens is 1. The molecule has 0 saturated heterocycles. The third-order valence-corrected chi connectivity index (χ3v) is 6.95. The van der Waals surface area contributed by atoms with E-state index in [0.717, 1.165) is 5.56 Å². The molecule has 5 nitrogen and oxygen atoms in total. The average molecular weight is 365 g/mol. The van der Waals surface area contributed by atoms with Crippen LogP contribution < -0.4 is 9.47 Å². The van der Waals surface area contributed by atoms with Crippen molar-refractivity contribution in [1.29, 1.82) is 0 Å². The number of carbonyl (C=O) groups excluding carboxylic acids is 1. The summed E-state index contributed by atoms with van der Waals surface area (Å²) in [6.45, 7) is 0.146. The molecule has 2 aromatic rings. The lowest BCUT2D eigenvalue weighted by Crippen LogP contribution is -2.11. The Kier molecular flexibility index (Phi) is 3.54. The van der Waals surface area contributed by atoms with E-state index in [1.807, 2.05) is 0 Å². The maximum absolute atomic E-state index is 12.8. The molecule has 0 bridgehead atoms. The lowest BCUT2D eigenvalue weighted by Gasteiger charge is -2.05. The summed E-state index contributed by atoms with van der Waals surface area (Å²) >= 11 is 5.81. The van der Waals surface area contributed by atoms with Gasteiger partial charge in [-0.2, -0.15) is 0 Å². The molecule has 0 radical (unpaired) electrons. The van der Waals surface area contributed by atoms with Crippen LogP contribution in [0.5, 0.6) is 11.5 Å². The molecule has 0 spiro atoms. The molecule has 0 N–H and O–H groups in total. The van der Waals surface area contributed by atoms with E-state index in [2.05, 4.69) is 0 Å². The summed E-state index contributed by atoms with van der Waals surface area (Å²) in [5.41, 5.74) is 0.763. The van der Waals surface area contributed by atoms with Gasteiger partial charge in [0.2, 0.25) is 6.79 Å². The monoisotopic (exact) mass is 364 g/mol. The van der Waals surface area contributed by atoms with Crippen molar-refractivity contribution < 1.29 is 22.7 Å². The van der Waals surface area contributed by atoms with Crippen molar-refractivity contribution >= 4 is 27.7 Å². The quantitative estimate of drug-likeness (QED) is 0.780. The summed E-state index contributed by atoms with van der Waals surface area (Å²) in [6.07, 6.45) is 0.716. The molecule has 1 heterocycles. The van der Waals surface area contributed by atoms with Crippen molar-refractivity contribution in [3.8, 4) is 11.5 Å². The van der Waals surface area contributed by atoms with Gasteiger partial charge in [0.05, 0.1) is 10.1 Å². The Hall–Kier alpha value is -2.05. The fourth-order valence-electron chi connectivity index (χ4n) is 3.18. The fourth-order valence-corrected chi connectivity index (χ4v) is 5.42. The highest BCUT2D eigenvalue weighted by atomic mass is 35.5. The van der Waals surface area contributed by atoms with Crippen LogP contribution in [-0.2, 0) is 14.6 Å². The third kappa shape index (κ3) is 2.37. The number of hydrogen-bond donors (Lipinski definition) is 0. The van der Waals surface area contributed by atoms with Crippen LogP contribution in [0, 0.1) is 5.92 Å². The highest BCUT2D eigenvalue weighted by molar-refractivity contribution is 7.92. The Labute approximate surface area is 144 Å². The number of benzene rings is 2. The Morgan fingerprint density at radius 1 is 1.04 bits per heavy atom. The van der Waals surface area contributed by atoms with Crippen molar-refractivity contribution in [2.45, 2.75) is 16.1 Å². The van der Waals surface area contributed by atoms with Crippen LogP contribution in [0.4, 0.5) is 0 Å². The Balaban J connectivity index is 1.68. The minimum atomic E-state index is -3.62. The molecule has 124 valence electrons. The van der Waals surface area contributed by atoms with Crippen LogP contribution in [0.3, 0.4) is 0 Å². The fraction of sp³-hybridized carbons (Fsp3) is 0.235. The second-order valence-corrected chi connectivity index (χ2v) is 8.36. The largest absolute Gasteiger partial charge is 0.454 e. The SMILES string of the molecule is O=C[C@H]1[C@H](c2ccc3c(c2)OCO3)[C@@H]1S(=O)(=O)c1ccc(Cl)cc1. The molecule has 7 heteroatoms. The van der Waals surface area contributed by atoms with Gasteiger partial charge in [0.25, 0.3) is 0 Å². The third-order valence-electron chi connectivity index (χ3n) is 4.45. The first-order valence-corrected chi connectivity index (χ1v) is 9.29. The maximum Gasteiger partial charge on any atom is 0.231 e. The lowest BCUT2D eigenvalue weighted by molar-refractivity contribution is -0.108. The Morgan fingerprint density at radius 3 is 2.46 bits per heavy atom. The molecule has 2 aromatic carbocycles. The van der Waals surface area contributed by atoms with Gasteiger partial charge in [0.15, 0.2) is 21.3 Å². The van der Waals surface area contributed by atoms with E-state index < -0.39 is 21.0 Å². The van der Waals surface area contributed by atoms with Crippen LogP contribution in [0.15, 0.2) is 47.4 Å². The lowest BCUT2D eigenvalue weighted by atomic mass is 10.1. The van der Waals surface area contributed by atoms with Crippen LogP contribution in [0.2, 0.25) is 5.02 Å². The smallest absolute Gasteiger partial charge is 0.231 e. The highest BCUT2D eigenvalue weighted by Crippen LogP contribution is 2.54. The Bertz CT molecular complexity index is 907. The number of aldehydes is 1. The second-order valence-electron chi connectivity index (χ2n) is 5.82. The molecular formula is C17H13ClO5S. The second kappa shape index (κ2) is 5.50. The van der Waals surface area contributed by atoms with Gasteiger partial charge in [-0.15, -0.1) is 0 Å². The van der Waals surface area contributed by atoms with Gasteiger partial charge in [-0.1, -0.05) is 17.7 Å². The van der Waals surface area contributed by atoms with E-state index in [9.17, 15) is 13.2 Å². The molecular weight excluding hydrogens is 352 g/mol. The van der Waals surface area contributed by atoms with E-state index in [1.54, 1.807) is 18.2 Å². The van der Waals surface area contributed by atoms with Crippen molar-refractivity contribution in [3.63, 3.8) is 0 Å². The van der Waals surface area contributed by atoms with Crippen LogP contribution in [-0.4, -0.2) is 26.7 Å². The minimum absolute atomic E-state index is 0.146. The number of ether oxygens (including phenoxy) is 2. The number of fused-ring (bicyclic) bond motifs is 1. The highest BCUT2D eigenvalue weighted by Gasteiger charge is 2.59. The minimum Gasteiger partial charge on any atom is -0.454 e. The van der Waals surface area contributed by atoms with Gasteiger partial charge in [-0.25, -0.2) is 8.42 Å². The molecule has 3 atom stereocenters. The molecule has 0 unspecified atom stereocenters. The van der Waals surface area contributed by atoms with Crippen molar-refractivity contribution in [3.05, 3.63) is 53.1 Å². The molecule has 1 fully saturated rings. The summed E-state index contributed by atoms with van der Waals surface area (Å²) in [5, 5.41) is -0.305. The number of hydrogen-bond acceptors (Lipinski definition) is 5. The molecule has 24 heavy (non-hydrogen) atoms. The zero-order chi connectivity index (χ0) is 16.9. The van der Waals surface area contributed by atoms with Gasteiger partial charge >= 0.3 is 0 Å². The summed E-state index contributed by atoms with van der Waals surface area (Å²) in [4.78, 5) is 11.6. The van der Waals surface area contributed by atoms with Crippen molar-refractivity contribution in [2.75, 3.05) is 6.79 Å². The summed E-state index contributed by atoms with van der Waals surface area (Å²) < 4.78 is 36.3. The van der Waals surface area contributed by atoms with Gasteiger partial charge in [0.1, 0.15) is 6.29 Å². The predicted octanol–water partition coefficient (Wildman–Crippen LogP) is 2.82. The summed E-state index contributed by atoms with van der Waals surface area (Å²) in [7, 11) is -3.62. The first-order valence-electron chi connectivity index (χ1n) is 7.36. The predicted molar refractivity (Wildman–Crippen MR) is 87.3 cm³/mol. The standard InChI is InChI=1S/C17H13ClO5S/c18-11-2-4-12(5-3-11)24(20,21)17-13(8-19)16(17)10-1-6-14-15(7-10)23-9-22-14/h1-8,13,16-17H,9H2/t13-,16-,17+/m0/s1. The summed E-state index contributed by atoms with van der Waals surface area (Å²) in [5.74, 6) is 0.259. The van der Waals surface area contributed by atoms with Crippen LogP contribution in [0.25, 0.3) is 0 Å². The van der Waals surface area contributed by atoms with Gasteiger partial charge < -0.3 is 14.3 Å². The molecule has 0 aromatic heterocycles. The molecule has 1 aliphatic heterocycles. The molecule has 1 saturated carbocycles. The first-order chi connectivity index (χ1) is 11.5. The number of carbonyl (C=O) groups is 1. The zero-order valence-electron chi connectivity index (χ0n) is 12.4. The number of rotatable bonds is 4. The van der Waals surface area contributed by atoms with Crippen LogP contribution in [0.1, 0.15) is 11.5 Å².